The molecule has 0 radical (unpaired) electrons. The normalized spacial score (nSPS) is 7.83. The summed E-state index contributed by atoms with van der Waals surface area (Å²) in [7, 11) is 0. The van der Waals surface area contributed by atoms with E-state index in [2.05, 4.69) is 4.84 Å². The van der Waals surface area contributed by atoms with Gasteiger partial charge in [0, 0.05) is 6.42 Å². The van der Waals surface area contributed by atoms with Gasteiger partial charge in [-0.2, -0.15) is 0 Å². The van der Waals surface area contributed by atoms with Crippen molar-refractivity contribution in [1.29, 1.82) is 0 Å². The van der Waals surface area contributed by atoms with Gasteiger partial charge in [0.1, 0.15) is 0 Å². The molecule has 0 heterocycles. The number of rotatable bonds is 5. The largest absolute Gasteiger partial charge is 0.481 e. The summed E-state index contributed by atoms with van der Waals surface area (Å²) in [6.45, 7) is 3.85. The number of hydrogen-bond acceptors (Lipinski definition) is 4. The molecule has 12 heavy (non-hydrogen) atoms. The van der Waals surface area contributed by atoms with Crippen LogP contribution in [0.5, 0.6) is 0 Å². The van der Waals surface area contributed by atoms with Crippen LogP contribution in [0.3, 0.4) is 0 Å². The highest BCUT2D eigenvalue weighted by atomic mass is 16.9. The molecule has 0 rings (SSSR count). The first-order valence-corrected chi connectivity index (χ1v) is 3.62. The monoisotopic (exact) mass is 179 g/mol. The lowest BCUT2D eigenvalue weighted by Crippen LogP contribution is -2.04. The quantitative estimate of drug-likeness (QED) is 0.387. The van der Waals surface area contributed by atoms with Crippen LogP contribution in [0.2, 0.25) is 0 Å². The van der Waals surface area contributed by atoms with E-state index in [1.807, 2.05) is 13.8 Å². The van der Waals surface area contributed by atoms with E-state index in [-0.39, 0.29) is 19.4 Å². The van der Waals surface area contributed by atoms with Gasteiger partial charge in [0.25, 0.3) is 5.09 Å². The molecule has 0 saturated heterocycles. The molecule has 0 aromatic heterocycles. The SMILES string of the molecule is CC.O=C(O)CCCO[N+](=O)[O-]. The molecule has 72 valence electrons. The first-order valence-electron chi connectivity index (χ1n) is 3.62. The van der Waals surface area contributed by atoms with Crippen molar-refractivity contribution >= 4 is 5.97 Å². The molecule has 0 saturated carbocycles. The molecule has 0 atom stereocenters. The first kappa shape index (κ1) is 13.3. The zero-order chi connectivity index (χ0) is 9.98. The average molecular weight is 179 g/mol. The van der Waals surface area contributed by atoms with Gasteiger partial charge in [0.2, 0.25) is 0 Å². The van der Waals surface area contributed by atoms with E-state index in [0.29, 0.717) is 0 Å². The first-order chi connectivity index (χ1) is 5.63. The smallest absolute Gasteiger partial charge is 0.303 e. The van der Waals surface area contributed by atoms with Gasteiger partial charge in [0.15, 0.2) is 0 Å². The van der Waals surface area contributed by atoms with E-state index >= 15 is 0 Å². The van der Waals surface area contributed by atoms with Gasteiger partial charge in [0.05, 0.1) is 6.61 Å². The van der Waals surface area contributed by atoms with Crippen LogP contribution < -0.4 is 0 Å². The third kappa shape index (κ3) is 15.9. The fraction of sp³-hybridized carbons (Fsp3) is 0.833. The van der Waals surface area contributed by atoms with Gasteiger partial charge in [-0.3, -0.25) is 4.79 Å². The summed E-state index contributed by atoms with van der Waals surface area (Å²) in [4.78, 5) is 23.1. The van der Waals surface area contributed by atoms with Crippen molar-refractivity contribution in [2.75, 3.05) is 6.61 Å². The highest BCUT2D eigenvalue weighted by Gasteiger charge is 1.98. The third-order valence-corrected chi connectivity index (χ3v) is 0.732. The van der Waals surface area contributed by atoms with Crippen molar-refractivity contribution in [3.63, 3.8) is 0 Å². The minimum absolute atomic E-state index is 0.103. The molecule has 0 unspecified atom stereocenters. The highest BCUT2D eigenvalue weighted by Crippen LogP contribution is 1.89. The van der Waals surface area contributed by atoms with Crippen molar-refractivity contribution in [1.82, 2.24) is 0 Å². The van der Waals surface area contributed by atoms with Crippen LogP contribution in [-0.2, 0) is 9.63 Å². The fourth-order valence-corrected chi connectivity index (χ4v) is 0.362. The lowest BCUT2D eigenvalue weighted by molar-refractivity contribution is -0.757. The predicted molar refractivity (Wildman–Crippen MR) is 41.2 cm³/mol. The van der Waals surface area contributed by atoms with Crippen LogP contribution in [0.25, 0.3) is 0 Å². The molecule has 0 aliphatic rings. The Kier molecular flexibility index (Phi) is 10.7. The average Bonchev–Trinajstić information content (AvgIpc) is 2.02. The van der Waals surface area contributed by atoms with Crippen molar-refractivity contribution in [2.45, 2.75) is 26.7 Å². The molecule has 0 fully saturated rings. The van der Waals surface area contributed by atoms with E-state index in [9.17, 15) is 14.9 Å². The van der Waals surface area contributed by atoms with E-state index in [0.717, 1.165) is 0 Å². The molecule has 0 aromatic rings. The zero-order valence-electron chi connectivity index (χ0n) is 7.15. The lowest BCUT2D eigenvalue weighted by atomic mass is 10.3. The maximum absolute atomic E-state index is 9.82. The molecule has 0 spiro atoms. The molecular weight excluding hydrogens is 166 g/mol. The Bertz CT molecular complexity index is 120. The molecule has 1 N–H and O–H groups in total. The van der Waals surface area contributed by atoms with Crippen LogP contribution in [0.4, 0.5) is 0 Å². The van der Waals surface area contributed by atoms with E-state index in [1.165, 1.54) is 0 Å². The Labute approximate surface area is 70.2 Å². The number of carbonyl (C=O) groups is 1. The second kappa shape index (κ2) is 9.67. The Morgan fingerprint density at radius 2 is 2.08 bits per heavy atom. The summed E-state index contributed by atoms with van der Waals surface area (Å²) in [5, 5.41) is 16.6. The van der Waals surface area contributed by atoms with Crippen LogP contribution >= 0.6 is 0 Å². The minimum Gasteiger partial charge on any atom is -0.481 e. The molecule has 0 amide bonds. The Hall–Kier alpha value is -1.33. The molecule has 0 aliphatic heterocycles. The predicted octanol–water partition coefficient (Wildman–Crippen LogP) is 1.09. The third-order valence-electron chi connectivity index (χ3n) is 0.732. The Morgan fingerprint density at radius 3 is 2.42 bits per heavy atom. The number of hydrogen-bond donors (Lipinski definition) is 1. The zero-order valence-corrected chi connectivity index (χ0v) is 7.15. The van der Waals surface area contributed by atoms with Crippen molar-refractivity contribution in [2.24, 2.45) is 0 Å². The fourth-order valence-electron chi connectivity index (χ4n) is 0.362. The van der Waals surface area contributed by atoms with E-state index < -0.39 is 11.1 Å². The molecule has 0 bridgehead atoms. The Morgan fingerprint density at radius 1 is 1.58 bits per heavy atom. The van der Waals surface area contributed by atoms with Crippen LogP contribution in [0.1, 0.15) is 26.7 Å². The summed E-state index contributed by atoms with van der Waals surface area (Å²) in [5.41, 5.74) is 0. The maximum atomic E-state index is 9.82. The summed E-state index contributed by atoms with van der Waals surface area (Å²) in [5.74, 6) is -0.980. The minimum atomic E-state index is -0.980. The number of carboxylic acid groups (broad SMARTS) is 1. The summed E-state index contributed by atoms with van der Waals surface area (Å²) in [6, 6.07) is 0. The van der Waals surface area contributed by atoms with Gasteiger partial charge >= 0.3 is 5.97 Å². The number of nitrogens with zero attached hydrogens (tertiary/aromatic N) is 1. The summed E-state index contributed by atoms with van der Waals surface area (Å²) < 4.78 is 0. The van der Waals surface area contributed by atoms with Gasteiger partial charge in [-0.1, -0.05) is 13.8 Å². The molecule has 6 nitrogen and oxygen atoms in total. The number of aliphatic carboxylic acids is 1. The Balaban J connectivity index is 0. The van der Waals surface area contributed by atoms with Crippen LogP contribution in [0.15, 0.2) is 0 Å². The topological polar surface area (TPSA) is 89.7 Å². The molecule has 6 heteroatoms. The molecule has 0 aromatic carbocycles. The second-order valence-electron chi connectivity index (χ2n) is 1.55. The standard InChI is InChI=1S/C4H7NO5.C2H6/c6-4(7)2-1-3-10-5(8)9;1-2/h1-3H2,(H,6,7);1-2H3. The van der Waals surface area contributed by atoms with Gasteiger partial charge in [-0.05, 0) is 6.42 Å². The van der Waals surface area contributed by atoms with Gasteiger partial charge in [-0.25, -0.2) is 0 Å². The van der Waals surface area contributed by atoms with Crippen molar-refractivity contribution in [3.05, 3.63) is 10.1 Å². The van der Waals surface area contributed by atoms with E-state index in [1.54, 1.807) is 0 Å². The number of carboxylic acids is 1. The van der Waals surface area contributed by atoms with Crippen molar-refractivity contribution in [3.8, 4) is 0 Å². The van der Waals surface area contributed by atoms with E-state index in [4.69, 9.17) is 5.11 Å². The summed E-state index contributed by atoms with van der Waals surface area (Å²) in [6.07, 6.45) is 0.0597. The van der Waals surface area contributed by atoms with Crippen molar-refractivity contribution < 1.29 is 19.8 Å². The summed E-state index contributed by atoms with van der Waals surface area (Å²) >= 11 is 0. The molecular formula is C6H13NO5. The second-order valence-corrected chi connectivity index (χ2v) is 1.55. The lowest BCUT2D eigenvalue weighted by Gasteiger charge is -1.93. The highest BCUT2D eigenvalue weighted by molar-refractivity contribution is 5.66. The van der Waals surface area contributed by atoms with Crippen LogP contribution in [0, 0.1) is 10.1 Å². The van der Waals surface area contributed by atoms with Gasteiger partial charge < -0.3 is 9.94 Å². The van der Waals surface area contributed by atoms with Crippen LogP contribution in [-0.4, -0.2) is 22.8 Å². The van der Waals surface area contributed by atoms with Gasteiger partial charge in [-0.15, -0.1) is 10.1 Å². The maximum Gasteiger partial charge on any atom is 0.303 e. The molecule has 0 aliphatic carbocycles.